The summed E-state index contributed by atoms with van der Waals surface area (Å²) >= 11 is 1.28. The van der Waals surface area contributed by atoms with Crippen molar-refractivity contribution in [3.8, 4) is 0 Å². The maximum atomic E-state index is 12.5. The Hall–Kier alpha value is -2.40. The predicted octanol–water partition coefficient (Wildman–Crippen LogP) is 3.39. The molecule has 0 unspecified atom stereocenters. The molecule has 1 aromatic heterocycles. The van der Waals surface area contributed by atoms with E-state index in [9.17, 15) is 14.7 Å². The molecule has 0 aliphatic carbocycles. The molecule has 1 aliphatic heterocycles. The van der Waals surface area contributed by atoms with Crippen LogP contribution in [0.25, 0.3) is 5.70 Å². The molecule has 1 amide bonds. The summed E-state index contributed by atoms with van der Waals surface area (Å²) in [5.74, 6) is -1.27. The topological polar surface area (TPSA) is 57.6 Å². The lowest BCUT2D eigenvalue weighted by atomic mass is 10.1. The van der Waals surface area contributed by atoms with Crippen LogP contribution < -0.4 is 4.90 Å². The summed E-state index contributed by atoms with van der Waals surface area (Å²) in [5, 5.41) is 9.69. The minimum absolute atomic E-state index is 0.134. The number of carbonyl (C=O) groups is 2. The van der Waals surface area contributed by atoms with Crippen molar-refractivity contribution in [3.63, 3.8) is 0 Å². The third-order valence-corrected chi connectivity index (χ3v) is 4.25. The first-order valence-electron chi connectivity index (χ1n) is 5.97. The predicted molar refractivity (Wildman–Crippen MR) is 78.3 cm³/mol. The maximum Gasteiger partial charge on any atom is 0.338 e. The highest BCUT2D eigenvalue weighted by Gasteiger charge is 2.35. The van der Waals surface area contributed by atoms with Gasteiger partial charge in [0.2, 0.25) is 0 Å². The zero-order valence-corrected chi connectivity index (χ0v) is 11.5. The fraction of sp³-hybridized carbons (Fsp3) is 0.0667. The van der Waals surface area contributed by atoms with Gasteiger partial charge in [-0.25, -0.2) is 4.79 Å². The van der Waals surface area contributed by atoms with Crippen LogP contribution in [0.1, 0.15) is 31.2 Å². The molecule has 0 spiro atoms. The highest BCUT2D eigenvalue weighted by atomic mass is 32.1. The number of carbonyl (C=O) groups excluding carboxylic acids is 1. The van der Waals surface area contributed by atoms with Gasteiger partial charge >= 0.3 is 5.97 Å². The third-order valence-electron chi connectivity index (χ3n) is 3.21. The highest BCUT2D eigenvalue weighted by Crippen LogP contribution is 2.41. The third kappa shape index (κ3) is 1.67. The monoisotopic (exact) mass is 285 g/mol. The quantitative estimate of drug-likeness (QED) is 0.920. The molecule has 0 bridgehead atoms. The number of anilines is 1. The standard InChI is InChI=1S/C15H11NO3S/c1-8-7-12(15(18)19)14(20-8)16-9(2)10-5-3-4-6-11(10)13(16)17/h3-7H,2H2,1H3,(H,18,19). The Morgan fingerprint density at radius 3 is 2.55 bits per heavy atom. The zero-order valence-electron chi connectivity index (χ0n) is 10.7. The lowest BCUT2D eigenvalue weighted by Crippen LogP contribution is -2.22. The highest BCUT2D eigenvalue weighted by molar-refractivity contribution is 7.16. The van der Waals surface area contributed by atoms with Gasteiger partial charge in [0.15, 0.2) is 0 Å². The number of amides is 1. The van der Waals surface area contributed by atoms with Gasteiger partial charge in [0.1, 0.15) is 5.00 Å². The van der Waals surface area contributed by atoms with Crippen LogP contribution in [0.2, 0.25) is 0 Å². The van der Waals surface area contributed by atoms with E-state index in [-0.39, 0.29) is 11.5 Å². The van der Waals surface area contributed by atoms with E-state index in [1.807, 2.05) is 19.1 Å². The number of nitrogens with zero attached hydrogens (tertiary/aromatic N) is 1. The number of fused-ring (bicyclic) bond motifs is 1. The van der Waals surface area contributed by atoms with Crippen molar-refractivity contribution in [2.24, 2.45) is 0 Å². The van der Waals surface area contributed by atoms with Crippen molar-refractivity contribution >= 4 is 33.9 Å². The number of hydrogen-bond acceptors (Lipinski definition) is 3. The Morgan fingerprint density at radius 1 is 1.30 bits per heavy atom. The Kier molecular flexibility index (Phi) is 2.72. The molecule has 20 heavy (non-hydrogen) atoms. The largest absolute Gasteiger partial charge is 0.478 e. The molecule has 4 nitrogen and oxygen atoms in total. The molecule has 1 N–H and O–H groups in total. The second-order valence-corrected chi connectivity index (χ2v) is 5.75. The number of thiophene rings is 1. The molecule has 0 saturated heterocycles. The average molecular weight is 285 g/mol. The molecule has 2 heterocycles. The van der Waals surface area contributed by atoms with E-state index in [1.165, 1.54) is 16.2 Å². The van der Waals surface area contributed by atoms with Crippen molar-refractivity contribution in [1.82, 2.24) is 0 Å². The minimum Gasteiger partial charge on any atom is -0.478 e. The van der Waals surface area contributed by atoms with E-state index in [0.717, 1.165) is 10.4 Å². The van der Waals surface area contributed by atoms with Gasteiger partial charge in [-0.1, -0.05) is 24.8 Å². The van der Waals surface area contributed by atoms with E-state index >= 15 is 0 Å². The lowest BCUT2D eigenvalue weighted by molar-refractivity contribution is 0.0698. The normalized spacial score (nSPS) is 13.8. The first kappa shape index (κ1) is 12.6. The van der Waals surface area contributed by atoms with E-state index < -0.39 is 5.97 Å². The average Bonchev–Trinajstić information content (AvgIpc) is 2.90. The van der Waals surface area contributed by atoms with Crippen LogP contribution in [0.5, 0.6) is 0 Å². The van der Waals surface area contributed by atoms with Crippen LogP contribution >= 0.6 is 11.3 Å². The van der Waals surface area contributed by atoms with Gasteiger partial charge in [0.25, 0.3) is 5.91 Å². The summed E-state index contributed by atoms with van der Waals surface area (Å²) in [4.78, 5) is 26.0. The summed E-state index contributed by atoms with van der Waals surface area (Å²) in [6, 6.07) is 8.73. The van der Waals surface area contributed by atoms with Gasteiger partial charge in [-0.15, -0.1) is 11.3 Å². The first-order chi connectivity index (χ1) is 9.50. The number of carboxylic acid groups (broad SMARTS) is 1. The smallest absolute Gasteiger partial charge is 0.338 e. The molecule has 3 rings (SSSR count). The van der Waals surface area contributed by atoms with E-state index in [2.05, 4.69) is 6.58 Å². The molecule has 0 saturated carbocycles. The Balaban J connectivity index is 2.17. The molecular weight excluding hydrogens is 274 g/mol. The van der Waals surface area contributed by atoms with E-state index in [4.69, 9.17) is 0 Å². The van der Waals surface area contributed by atoms with Gasteiger partial charge in [0.05, 0.1) is 11.3 Å². The Labute approximate surface area is 119 Å². The second kappa shape index (κ2) is 4.31. The number of hydrogen-bond donors (Lipinski definition) is 1. The molecule has 100 valence electrons. The second-order valence-electron chi connectivity index (χ2n) is 4.51. The van der Waals surface area contributed by atoms with Crippen molar-refractivity contribution in [3.05, 3.63) is 58.5 Å². The van der Waals surface area contributed by atoms with Gasteiger partial charge in [-0.3, -0.25) is 9.69 Å². The number of benzene rings is 1. The van der Waals surface area contributed by atoms with Crippen molar-refractivity contribution in [2.75, 3.05) is 4.90 Å². The van der Waals surface area contributed by atoms with E-state index in [0.29, 0.717) is 16.3 Å². The summed E-state index contributed by atoms with van der Waals surface area (Å²) in [7, 11) is 0. The van der Waals surface area contributed by atoms with E-state index in [1.54, 1.807) is 18.2 Å². The van der Waals surface area contributed by atoms with Crippen LogP contribution in [0.15, 0.2) is 36.9 Å². The zero-order chi connectivity index (χ0) is 14.4. The number of aromatic carboxylic acids is 1. The number of rotatable bonds is 2. The lowest BCUT2D eigenvalue weighted by Gasteiger charge is -2.16. The summed E-state index contributed by atoms with van der Waals surface area (Å²) < 4.78 is 0. The SMILES string of the molecule is C=C1c2ccccc2C(=O)N1c1sc(C)cc1C(=O)O. The van der Waals surface area contributed by atoms with Gasteiger partial charge in [-0.05, 0) is 19.1 Å². The molecule has 0 atom stereocenters. The Bertz CT molecular complexity index is 725. The van der Waals surface area contributed by atoms with Crippen LogP contribution in [0.3, 0.4) is 0 Å². The molecule has 0 fully saturated rings. The molecule has 1 aromatic carbocycles. The maximum absolute atomic E-state index is 12.5. The van der Waals surface area contributed by atoms with Crippen LogP contribution in [0, 0.1) is 6.92 Å². The first-order valence-corrected chi connectivity index (χ1v) is 6.79. The number of carboxylic acids is 1. The van der Waals surface area contributed by atoms with Gasteiger partial charge < -0.3 is 5.11 Å². The van der Waals surface area contributed by atoms with Crippen LogP contribution in [-0.4, -0.2) is 17.0 Å². The van der Waals surface area contributed by atoms with Crippen LogP contribution in [-0.2, 0) is 0 Å². The summed E-state index contributed by atoms with van der Waals surface area (Å²) in [6.07, 6.45) is 0. The Morgan fingerprint density at radius 2 is 1.95 bits per heavy atom. The van der Waals surface area contributed by atoms with Crippen LogP contribution in [0.4, 0.5) is 5.00 Å². The molecule has 2 aromatic rings. The molecule has 1 aliphatic rings. The summed E-state index contributed by atoms with van der Waals surface area (Å²) in [5.41, 5.74) is 1.96. The summed E-state index contributed by atoms with van der Waals surface area (Å²) in [6.45, 7) is 5.75. The van der Waals surface area contributed by atoms with Gasteiger partial charge in [0, 0.05) is 16.0 Å². The van der Waals surface area contributed by atoms with Crippen molar-refractivity contribution in [1.29, 1.82) is 0 Å². The molecule has 5 heteroatoms. The fourth-order valence-corrected chi connectivity index (χ4v) is 3.34. The van der Waals surface area contributed by atoms with Crippen molar-refractivity contribution in [2.45, 2.75) is 6.92 Å². The molecular formula is C15H11NO3S. The fourth-order valence-electron chi connectivity index (χ4n) is 2.32. The minimum atomic E-state index is -1.04. The number of aryl methyl sites for hydroxylation is 1. The van der Waals surface area contributed by atoms with Crippen molar-refractivity contribution < 1.29 is 14.7 Å². The van der Waals surface area contributed by atoms with Gasteiger partial charge in [-0.2, -0.15) is 0 Å². The molecule has 0 radical (unpaired) electrons.